The van der Waals surface area contributed by atoms with Gasteiger partial charge in [-0.25, -0.2) is 9.48 Å². The summed E-state index contributed by atoms with van der Waals surface area (Å²) in [4.78, 5) is 22.2. The largest absolute Gasteiger partial charge is 0.481 e. The smallest absolute Gasteiger partial charge is 0.320 e. The second kappa shape index (κ2) is 8.33. The molecule has 0 bridgehead atoms. The number of amides is 2. The molecule has 0 aliphatic rings. The summed E-state index contributed by atoms with van der Waals surface area (Å²) in [5.41, 5.74) is 1.06. The van der Waals surface area contributed by atoms with E-state index < -0.39 is 5.97 Å². The summed E-state index contributed by atoms with van der Waals surface area (Å²) in [7, 11) is 0. The summed E-state index contributed by atoms with van der Waals surface area (Å²) < 4.78 is 2.68. The van der Waals surface area contributed by atoms with Crippen molar-refractivity contribution >= 4 is 33.7 Å². The number of urea groups is 1. The molecule has 1 aromatic heterocycles. The number of halogens is 1. The third-order valence-corrected chi connectivity index (χ3v) is 3.59. The van der Waals surface area contributed by atoms with Gasteiger partial charge in [0.15, 0.2) is 0 Å². The number of benzene rings is 1. The van der Waals surface area contributed by atoms with Gasteiger partial charge in [0.05, 0.1) is 12.7 Å². The van der Waals surface area contributed by atoms with E-state index in [1.807, 2.05) is 24.3 Å². The van der Waals surface area contributed by atoms with Crippen molar-refractivity contribution in [3.63, 3.8) is 0 Å². The maximum Gasteiger partial charge on any atom is 0.320 e. The normalized spacial score (nSPS) is 10.3. The minimum atomic E-state index is -0.875. The number of aliphatic carboxylic acids is 1. The van der Waals surface area contributed by atoms with Crippen LogP contribution >= 0.6 is 15.9 Å². The number of nitrogens with one attached hydrogen (secondary N) is 2. The Hall–Kier alpha value is -2.35. The first-order chi connectivity index (χ1) is 11.0. The van der Waals surface area contributed by atoms with Crippen LogP contribution in [0, 0.1) is 0 Å². The zero-order valence-electron chi connectivity index (χ0n) is 12.3. The van der Waals surface area contributed by atoms with Crippen molar-refractivity contribution in [1.82, 2.24) is 15.1 Å². The number of carboxylic acids is 1. The van der Waals surface area contributed by atoms with E-state index in [0.29, 0.717) is 25.3 Å². The first kappa shape index (κ1) is 17.0. The minimum Gasteiger partial charge on any atom is -0.481 e. The van der Waals surface area contributed by atoms with E-state index in [0.717, 1.165) is 10.0 Å². The molecular formula is C15H17BrN4O3. The number of hydrogen-bond acceptors (Lipinski definition) is 3. The summed E-state index contributed by atoms with van der Waals surface area (Å²) in [6, 6.07) is 9.16. The fourth-order valence-corrected chi connectivity index (χ4v) is 2.19. The van der Waals surface area contributed by atoms with Gasteiger partial charge in [-0.15, -0.1) is 0 Å². The van der Waals surface area contributed by atoms with Crippen molar-refractivity contribution in [3.05, 3.63) is 46.6 Å². The molecule has 0 fully saturated rings. The van der Waals surface area contributed by atoms with Gasteiger partial charge in [0.2, 0.25) is 0 Å². The van der Waals surface area contributed by atoms with Gasteiger partial charge >= 0.3 is 12.0 Å². The van der Waals surface area contributed by atoms with Crippen LogP contribution in [0.25, 0.3) is 0 Å². The molecule has 3 N–H and O–H groups in total. The molecule has 23 heavy (non-hydrogen) atoms. The number of aromatic nitrogens is 2. The van der Waals surface area contributed by atoms with Gasteiger partial charge in [-0.2, -0.15) is 5.10 Å². The predicted molar refractivity (Wildman–Crippen MR) is 89.4 cm³/mol. The van der Waals surface area contributed by atoms with Crippen molar-refractivity contribution in [3.8, 4) is 0 Å². The Morgan fingerprint density at radius 1 is 1.22 bits per heavy atom. The van der Waals surface area contributed by atoms with E-state index >= 15 is 0 Å². The fourth-order valence-electron chi connectivity index (χ4n) is 1.93. The van der Waals surface area contributed by atoms with Crippen LogP contribution in [0.2, 0.25) is 0 Å². The van der Waals surface area contributed by atoms with E-state index in [4.69, 9.17) is 5.11 Å². The second-order valence-corrected chi connectivity index (χ2v) is 5.79. The standard InChI is InChI=1S/C15H17BrN4O3/c16-12-5-3-11(4-6-12)10-20-13(7-9-18-20)19-15(23)17-8-1-2-14(21)22/h3-7,9H,1-2,8,10H2,(H,21,22)(H2,17,19,23). The van der Waals surface area contributed by atoms with Gasteiger partial charge < -0.3 is 10.4 Å². The molecule has 2 amide bonds. The highest BCUT2D eigenvalue weighted by Gasteiger charge is 2.07. The van der Waals surface area contributed by atoms with Crippen molar-refractivity contribution < 1.29 is 14.7 Å². The predicted octanol–water partition coefficient (Wildman–Crippen LogP) is 2.68. The topological polar surface area (TPSA) is 96.2 Å². The van der Waals surface area contributed by atoms with Crippen LogP contribution in [0.4, 0.5) is 10.6 Å². The molecule has 0 aliphatic carbocycles. The molecule has 8 heteroatoms. The quantitative estimate of drug-likeness (QED) is 0.643. The number of rotatable bonds is 7. The van der Waals surface area contributed by atoms with Gasteiger partial charge in [0.25, 0.3) is 0 Å². The molecule has 1 heterocycles. The Labute approximate surface area is 141 Å². The molecule has 0 saturated heterocycles. The van der Waals surface area contributed by atoms with Crippen molar-refractivity contribution in [1.29, 1.82) is 0 Å². The lowest BCUT2D eigenvalue weighted by molar-refractivity contribution is -0.137. The highest BCUT2D eigenvalue weighted by molar-refractivity contribution is 9.10. The Kier molecular flexibility index (Phi) is 6.16. The highest BCUT2D eigenvalue weighted by atomic mass is 79.9. The van der Waals surface area contributed by atoms with E-state index in [9.17, 15) is 9.59 Å². The number of carboxylic acid groups (broad SMARTS) is 1. The van der Waals surface area contributed by atoms with E-state index in [-0.39, 0.29) is 12.5 Å². The second-order valence-electron chi connectivity index (χ2n) is 4.88. The SMILES string of the molecule is O=C(O)CCCNC(=O)Nc1ccnn1Cc1ccc(Br)cc1. The number of anilines is 1. The molecule has 0 saturated carbocycles. The molecule has 122 valence electrons. The maximum absolute atomic E-state index is 11.8. The number of carbonyl (C=O) groups is 2. The van der Waals surface area contributed by atoms with Gasteiger partial charge in [-0.3, -0.25) is 10.1 Å². The zero-order valence-corrected chi connectivity index (χ0v) is 13.9. The van der Waals surface area contributed by atoms with Gasteiger partial charge in [0.1, 0.15) is 5.82 Å². The number of carbonyl (C=O) groups excluding carboxylic acids is 1. The molecule has 2 rings (SSSR count). The Bertz CT molecular complexity index is 670. The summed E-state index contributed by atoms with van der Waals surface area (Å²) in [5.74, 6) is -0.302. The average molecular weight is 381 g/mol. The summed E-state index contributed by atoms with van der Waals surface area (Å²) in [6.07, 6.45) is 2.03. The van der Waals surface area contributed by atoms with Crippen molar-refractivity contribution in [2.24, 2.45) is 0 Å². The molecule has 1 aromatic carbocycles. The molecule has 0 unspecified atom stereocenters. The molecule has 7 nitrogen and oxygen atoms in total. The molecule has 0 radical (unpaired) electrons. The fraction of sp³-hybridized carbons (Fsp3) is 0.267. The van der Waals surface area contributed by atoms with Crippen molar-refractivity contribution in [2.75, 3.05) is 11.9 Å². The summed E-state index contributed by atoms with van der Waals surface area (Å²) in [5, 5.41) is 18.0. The lowest BCUT2D eigenvalue weighted by atomic mass is 10.2. The van der Waals surface area contributed by atoms with Crippen LogP contribution in [-0.2, 0) is 11.3 Å². The van der Waals surface area contributed by atoms with Crippen LogP contribution in [0.1, 0.15) is 18.4 Å². The van der Waals surface area contributed by atoms with Gasteiger partial charge in [-0.1, -0.05) is 28.1 Å². The minimum absolute atomic E-state index is 0.0295. The Morgan fingerprint density at radius 3 is 2.65 bits per heavy atom. The first-order valence-corrected chi connectivity index (χ1v) is 7.87. The van der Waals surface area contributed by atoms with Crippen LogP contribution in [-0.4, -0.2) is 33.4 Å². The van der Waals surface area contributed by atoms with Crippen LogP contribution in [0.5, 0.6) is 0 Å². The maximum atomic E-state index is 11.8. The summed E-state index contributed by atoms with van der Waals surface area (Å²) in [6.45, 7) is 0.841. The molecule has 0 aliphatic heterocycles. The van der Waals surface area contributed by atoms with E-state index in [1.54, 1.807) is 16.9 Å². The lowest BCUT2D eigenvalue weighted by Crippen LogP contribution is -2.30. The first-order valence-electron chi connectivity index (χ1n) is 7.07. The zero-order chi connectivity index (χ0) is 16.7. The van der Waals surface area contributed by atoms with Crippen LogP contribution in [0.3, 0.4) is 0 Å². The van der Waals surface area contributed by atoms with Gasteiger partial charge in [-0.05, 0) is 24.1 Å². The van der Waals surface area contributed by atoms with Crippen LogP contribution in [0.15, 0.2) is 41.0 Å². The molecule has 0 spiro atoms. The van der Waals surface area contributed by atoms with Crippen LogP contribution < -0.4 is 10.6 Å². The number of nitrogens with zero attached hydrogens (tertiary/aromatic N) is 2. The van der Waals surface area contributed by atoms with Gasteiger partial charge in [0, 0.05) is 23.5 Å². The van der Waals surface area contributed by atoms with E-state index in [2.05, 4.69) is 31.7 Å². The summed E-state index contributed by atoms with van der Waals surface area (Å²) >= 11 is 3.38. The Balaban J connectivity index is 1.86. The third-order valence-electron chi connectivity index (χ3n) is 3.06. The monoisotopic (exact) mass is 380 g/mol. The average Bonchev–Trinajstić information content (AvgIpc) is 2.93. The highest BCUT2D eigenvalue weighted by Crippen LogP contribution is 2.14. The van der Waals surface area contributed by atoms with E-state index in [1.165, 1.54) is 0 Å². The Morgan fingerprint density at radius 2 is 1.96 bits per heavy atom. The molecule has 2 aromatic rings. The van der Waals surface area contributed by atoms with Crippen molar-refractivity contribution in [2.45, 2.75) is 19.4 Å². The molecule has 0 atom stereocenters. The lowest BCUT2D eigenvalue weighted by Gasteiger charge is -2.10. The molecular weight excluding hydrogens is 364 g/mol. The third kappa shape index (κ3) is 5.74. The number of hydrogen-bond donors (Lipinski definition) is 3.